The van der Waals surface area contributed by atoms with E-state index in [1.807, 2.05) is 21.1 Å². The molecule has 0 spiro atoms. The van der Waals surface area contributed by atoms with Gasteiger partial charge in [0.25, 0.3) is 0 Å². The van der Waals surface area contributed by atoms with Gasteiger partial charge in [0.15, 0.2) is 6.17 Å². The smallest absolute Gasteiger partial charge is 0.185 e. The van der Waals surface area contributed by atoms with E-state index in [2.05, 4.69) is 0 Å². The lowest BCUT2D eigenvalue weighted by atomic mass is 10.4. The van der Waals surface area contributed by atoms with Crippen molar-refractivity contribution in [3.05, 3.63) is 0 Å². The van der Waals surface area contributed by atoms with Gasteiger partial charge in [-0.25, -0.2) is 0 Å². The van der Waals surface area contributed by atoms with Gasteiger partial charge in [0, 0.05) is 0 Å². The van der Waals surface area contributed by atoms with Gasteiger partial charge in [-0.3, -0.25) is 4.90 Å². The highest BCUT2D eigenvalue weighted by Crippen LogP contribution is 2.03. The molecule has 1 atom stereocenters. The van der Waals surface area contributed by atoms with Gasteiger partial charge in [0.1, 0.15) is 5.97 Å². The first kappa shape index (κ1) is 10.4. The number of quaternary nitrogens is 1. The topological polar surface area (TPSA) is 43.4 Å². The molecule has 0 amide bonds. The molecule has 0 aliphatic rings. The van der Waals surface area contributed by atoms with Crippen molar-refractivity contribution < 1.29 is 14.4 Å². The molecule has 0 N–H and O–H groups in total. The number of hydrogen-bond acceptors (Lipinski definition) is 3. The summed E-state index contributed by atoms with van der Waals surface area (Å²) in [6.07, 6.45) is -0.588. The number of carboxylic acids is 1. The number of carbonyl (C=O) groups excluding carboxylic acids is 1. The summed E-state index contributed by atoms with van der Waals surface area (Å²) in [6.45, 7) is 0. The highest BCUT2D eigenvalue weighted by Gasteiger charge is 2.26. The van der Waals surface area contributed by atoms with Crippen LogP contribution in [0.2, 0.25) is 0 Å². The van der Waals surface area contributed by atoms with Crippen LogP contribution in [0, 0.1) is 0 Å². The van der Waals surface area contributed by atoms with E-state index < -0.39 is 12.1 Å². The first-order valence-corrected chi connectivity index (χ1v) is 3.45. The Bertz CT molecular complexity index is 149. The predicted molar refractivity (Wildman–Crippen MR) is 40.5 cm³/mol. The van der Waals surface area contributed by atoms with Gasteiger partial charge in [-0.15, -0.1) is 0 Å². The van der Waals surface area contributed by atoms with E-state index in [9.17, 15) is 9.90 Å². The lowest BCUT2D eigenvalue weighted by Crippen LogP contribution is -2.61. The zero-order chi connectivity index (χ0) is 9.23. The summed E-state index contributed by atoms with van der Waals surface area (Å²) in [5, 5.41) is 10.6. The largest absolute Gasteiger partial charge is 0.543 e. The molecule has 0 aliphatic heterocycles. The number of nitrogens with zero attached hydrogens (tertiary/aromatic N) is 2. The molecular formula is C7H16N2O2. The van der Waals surface area contributed by atoms with E-state index in [4.69, 9.17) is 0 Å². The van der Waals surface area contributed by atoms with Crippen LogP contribution in [0.1, 0.15) is 0 Å². The second kappa shape index (κ2) is 3.19. The molecule has 0 saturated heterocycles. The molecule has 0 radical (unpaired) electrons. The van der Waals surface area contributed by atoms with Gasteiger partial charge in [0.2, 0.25) is 0 Å². The SMILES string of the molecule is CN(C)C(C(=O)[O-])[N+](C)(C)C. The average molecular weight is 160 g/mol. The zero-order valence-electron chi connectivity index (χ0n) is 7.79. The fraction of sp³-hybridized carbons (Fsp3) is 0.857. The van der Waals surface area contributed by atoms with Crippen molar-refractivity contribution >= 4 is 5.97 Å². The monoisotopic (exact) mass is 160 g/mol. The quantitative estimate of drug-likeness (QED) is 0.366. The number of hydrogen-bond donors (Lipinski definition) is 0. The third-order valence-corrected chi connectivity index (χ3v) is 1.43. The third kappa shape index (κ3) is 2.86. The minimum atomic E-state index is -1.04. The summed E-state index contributed by atoms with van der Waals surface area (Å²) in [5.41, 5.74) is 0. The summed E-state index contributed by atoms with van der Waals surface area (Å²) in [6, 6.07) is 0. The molecule has 0 saturated carbocycles. The van der Waals surface area contributed by atoms with Gasteiger partial charge in [0.05, 0.1) is 21.1 Å². The van der Waals surface area contributed by atoms with E-state index in [-0.39, 0.29) is 0 Å². The highest BCUT2D eigenvalue weighted by atomic mass is 16.4. The Balaban J connectivity index is 4.49. The minimum Gasteiger partial charge on any atom is -0.543 e. The molecule has 0 aromatic heterocycles. The number of likely N-dealkylation sites (N-methyl/N-ethyl adjacent to an activating group) is 2. The fourth-order valence-electron chi connectivity index (χ4n) is 1.22. The van der Waals surface area contributed by atoms with Crippen molar-refractivity contribution in [2.24, 2.45) is 0 Å². The summed E-state index contributed by atoms with van der Waals surface area (Å²) < 4.78 is 0.343. The molecule has 0 fully saturated rings. The summed E-state index contributed by atoms with van der Waals surface area (Å²) in [4.78, 5) is 12.3. The summed E-state index contributed by atoms with van der Waals surface area (Å²) in [7, 11) is 8.91. The standard InChI is InChI=1S/C7H16N2O2/c1-8(2)6(7(10)11)9(3,4)5/h6H,1-5H3. The number of aliphatic carboxylic acids is 1. The molecule has 0 heterocycles. The maximum Gasteiger partial charge on any atom is 0.185 e. The van der Waals surface area contributed by atoms with Crippen LogP contribution in [-0.2, 0) is 4.79 Å². The molecule has 4 heteroatoms. The van der Waals surface area contributed by atoms with E-state index in [0.29, 0.717) is 4.48 Å². The number of carbonyl (C=O) groups is 1. The van der Waals surface area contributed by atoms with Gasteiger partial charge >= 0.3 is 0 Å². The van der Waals surface area contributed by atoms with Gasteiger partial charge < -0.3 is 14.4 Å². The Kier molecular flexibility index (Phi) is 3.02. The number of carboxylic acid groups (broad SMARTS) is 1. The van der Waals surface area contributed by atoms with Crippen molar-refractivity contribution in [3.63, 3.8) is 0 Å². The average Bonchev–Trinajstić information content (AvgIpc) is 1.54. The Morgan fingerprint density at radius 1 is 1.36 bits per heavy atom. The van der Waals surface area contributed by atoms with Crippen LogP contribution in [0.4, 0.5) is 0 Å². The molecule has 0 aromatic rings. The fourth-order valence-corrected chi connectivity index (χ4v) is 1.22. The van der Waals surface area contributed by atoms with Gasteiger partial charge in [-0.05, 0) is 14.1 Å². The van der Waals surface area contributed by atoms with Crippen LogP contribution in [0.5, 0.6) is 0 Å². The Labute approximate surface area is 67.6 Å². The normalized spacial score (nSPS) is 15.1. The van der Waals surface area contributed by atoms with Crippen molar-refractivity contribution in [1.29, 1.82) is 0 Å². The van der Waals surface area contributed by atoms with Crippen LogP contribution >= 0.6 is 0 Å². The third-order valence-electron chi connectivity index (χ3n) is 1.43. The van der Waals surface area contributed by atoms with Gasteiger partial charge in [-0.1, -0.05) is 0 Å². The van der Waals surface area contributed by atoms with Crippen LogP contribution in [-0.4, -0.2) is 56.8 Å². The van der Waals surface area contributed by atoms with E-state index in [1.54, 1.807) is 19.0 Å². The number of rotatable bonds is 3. The van der Waals surface area contributed by atoms with E-state index in [1.165, 1.54) is 0 Å². The Morgan fingerprint density at radius 2 is 1.73 bits per heavy atom. The van der Waals surface area contributed by atoms with Gasteiger partial charge in [-0.2, -0.15) is 0 Å². The molecule has 11 heavy (non-hydrogen) atoms. The first-order valence-electron chi connectivity index (χ1n) is 3.45. The lowest BCUT2D eigenvalue weighted by Gasteiger charge is -2.38. The zero-order valence-corrected chi connectivity index (χ0v) is 7.79. The lowest BCUT2D eigenvalue weighted by molar-refractivity contribution is -0.900. The predicted octanol–water partition coefficient (Wildman–Crippen LogP) is -1.67. The minimum absolute atomic E-state index is 0.343. The molecule has 0 rings (SSSR count). The Hall–Kier alpha value is -0.610. The van der Waals surface area contributed by atoms with Crippen LogP contribution in [0.15, 0.2) is 0 Å². The molecule has 0 aromatic carbocycles. The molecule has 66 valence electrons. The maximum absolute atomic E-state index is 10.6. The van der Waals surface area contributed by atoms with E-state index in [0.717, 1.165) is 0 Å². The van der Waals surface area contributed by atoms with Crippen LogP contribution in [0.3, 0.4) is 0 Å². The Morgan fingerprint density at radius 3 is 1.73 bits per heavy atom. The summed E-state index contributed by atoms with van der Waals surface area (Å²) >= 11 is 0. The molecular weight excluding hydrogens is 144 g/mol. The maximum atomic E-state index is 10.6. The highest BCUT2D eigenvalue weighted by molar-refractivity contribution is 5.69. The molecule has 4 nitrogen and oxygen atoms in total. The first-order chi connectivity index (χ1) is 4.76. The second-order valence-electron chi connectivity index (χ2n) is 3.77. The van der Waals surface area contributed by atoms with E-state index >= 15 is 0 Å². The van der Waals surface area contributed by atoms with Crippen LogP contribution in [0.25, 0.3) is 0 Å². The molecule has 0 bridgehead atoms. The van der Waals surface area contributed by atoms with Crippen molar-refractivity contribution in [3.8, 4) is 0 Å². The van der Waals surface area contributed by atoms with Crippen molar-refractivity contribution in [2.45, 2.75) is 6.17 Å². The molecule has 1 unspecified atom stereocenters. The molecule has 0 aliphatic carbocycles. The van der Waals surface area contributed by atoms with Crippen molar-refractivity contribution in [1.82, 2.24) is 4.90 Å². The summed E-state index contributed by atoms with van der Waals surface area (Å²) in [5.74, 6) is -1.04. The second-order valence-corrected chi connectivity index (χ2v) is 3.77. The van der Waals surface area contributed by atoms with Crippen LogP contribution < -0.4 is 5.11 Å². The van der Waals surface area contributed by atoms with Crippen molar-refractivity contribution in [2.75, 3.05) is 35.2 Å².